The summed E-state index contributed by atoms with van der Waals surface area (Å²) in [6.07, 6.45) is -2.36. The molecule has 1 aromatic carbocycles. The van der Waals surface area contributed by atoms with Crippen LogP contribution in [0.4, 0.5) is 13.2 Å². The normalized spacial score (nSPS) is 24.5. The van der Waals surface area contributed by atoms with E-state index >= 15 is 0 Å². The van der Waals surface area contributed by atoms with E-state index in [0.717, 1.165) is 29.7 Å². The van der Waals surface area contributed by atoms with Gasteiger partial charge in [0.25, 0.3) is 5.91 Å². The van der Waals surface area contributed by atoms with E-state index in [4.69, 9.17) is 4.74 Å². The summed E-state index contributed by atoms with van der Waals surface area (Å²) in [5, 5.41) is 17.3. The van der Waals surface area contributed by atoms with Crippen molar-refractivity contribution < 1.29 is 47.0 Å². The van der Waals surface area contributed by atoms with E-state index in [9.17, 15) is 42.3 Å². The number of benzene rings is 1. The van der Waals surface area contributed by atoms with Crippen LogP contribution in [0.15, 0.2) is 35.7 Å². The molecule has 2 aromatic rings. The molecule has 4 fully saturated rings. The summed E-state index contributed by atoms with van der Waals surface area (Å²) >= 11 is 1.10. The van der Waals surface area contributed by atoms with Crippen molar-refractivity contribution in [1.29, 1.82) is 0 Å². The molecule has 0 unspecified atom stereocenters. The molecule has 57 heavy (non-hydrogen) atoms. The summed E-state index contributed by atoms with van der Waals surface area (Å²) in [5.74, 6) is -3.92. The monoisotopic (exact) mass is 819 g/mol. The summed E-state index contributed by atoms with van der Waals surface area (Å²) in [7, 11) is 3.39. The molecule has 1 saturated heterocycles. The highest BCUT2D eigenvalue weighted by atomic mass is 32.1. The molecule has 3 aliphatic carbocycles. The minimum Gasteiger partial charge on any atom is -0.481 e. The topological polar surface area (TPSA) is 158 Å². The summed E-state index contributed by atoms with van der Waals surface area (Å²) in [4.78, 5) is 73.7. The maximum Gasteiger partial charge on any atom is 0.394 e. The number of carbonyl (C=O) groups is 5. The number of nitrogens with zero attached hydrogens (tertiary/aromatic N) is 3. The van der Waals surface area contributed by atoms with Gasteiger partial charge in [-0.05, 0) is 76.4 Å². The Balaban J connectivity index is 1.33. The van der Waals surface area contributed by atoms with Gasteiger partial charge in [-0.2, -0.15) is 13.2 Å². The number of nitrogens with one attached hydrogen (secondary N) is 2. The molecule has 6 atom stereocenters. The lowest BCUT2D eigenvalue weighted by molar-refractivity contribution is -0.367. The van der Waals surface area contributed by atoms with E-state index in [1.54, 1.807) is 14.0 Å². The maximum absolute atomic E-state index is 14.5. The van der Waals surface area contributed by atoms with Gasteiger partial charge in [-0.25, -0.2) is 4.98 Å². The van der Waals surface area contributed by atoms with Crippen LogP contribution in [0.3, 0.4) is 0 Å². The number of carboxylic acid groups (broad SMARTS) is 1. The predicted octanol–water partition coefficient (Wildman–Crippen LogP) is 6.16. The zero-order valence-electron chi connectivity index (χ0n) is 33.6. The fourth-order valence-corrected chi connectivity index (χ4v) is 9.86. The van der Waals surface area contributed by atoms with Crippen LogP contribution in [0.2, 0.25) is 0 Å². The van der Waals surface area contributed by atoms with Gasteiger partial charge < -0.3 is 25.4 Å². The molecule has 16 heteroatoms. The molecule has 0 radical (unpaired) electrons. The number of likely N-dealkylation sites (N-methyl/N-ethyl adjacent to an activating group) is 2. The SMILES string of the molecule is CC(=O)O[C@H](C[C@H](C(C)C)N(C)C(=O)[C@@H](NC(=O)[C@H]1CCCCN1C)C12CC(C(F)(F)F)(C1)C2)c1nc(C(=O)N[C@@H](CCc2ccccc2)C[C@H](C)C(=O)O)cs1. The first-order valence-electron chi connectivity index (χ1n) is 19.8. The van der Waals surface area contributed by atoms with Crippen LogP contribution in [-0.4, -0.2) is 101 Å². The number of ether oxygens (including phenoxy) is 1. The number of esters is 1. The number of alkyl halides is 3. The van der Waals surface area contributed by atoms with E-state index in [-0.39, 0.29) is 49.6 Å². The smallest absolute Gasteiger partial charge is 0.394 e. The lowest BCUT2D eigenvalue weighted by Gasteiger charge is -2.72. The highest BCUT2D eigenvalue weighted by Crippen LogP contribution is 2.79. The molecular weight excluding hydrogens is 764 g/mol. The van der Waals surface area contributed by atoms with Crippen LogP contribution < -0.4 is 10.6 Å². The first kappa shape index (κ1) is 44.1. The molecule has 2 bridgehead atoms. The number of hydrogen-bond acceptors (Lipinski definition) is 9. The van der Waals surface area contributed by atoms with Gasteiger partial charge in [-0.15, -0.1) is 11.3 Å². The number of carboxylic acids is 1. The second kappa shape index (κ2) is 17.8. The van der Waals surface area contributed by atoms with Crippen molar-refractivity contribution >= 4 is 41.0 Å². The number of piperidine rings is 1. The van der Waals surface area contributed by atoms with Crippen molar-refractivity contribution in [2.24, 2.45) is 22.7 Å². The number of hydrogen-bond donors (Lipinski definition) is 3. The standard InChI is InChI=1S/C41H56F3N5O7S/c1-24(2)31(49(6)37(53)33(39-21-40(22-39,23-39)41(42,43)44)47-35(52)30-14-10-11-17-48(30)5)19-32(56-26(4)50)36-46-29(20-57-36)34(51)45-28(18-25(3)38(54)55)16-15-27-12-8-7-9-13-27/h7-9,12-13,20,24-25,28,30-33H,10-11,14-19,21-23H2,1-6H3,(H,45,51)(H,47,52)(H,54,55)/t25-,28-,30+,31+,32+,33+,39?,40?/m0/s1. The molecule has 0 spiro atoms. The zero-order valence-corrected chi connectivity index (χ0v) is 34.4. The third-order valence-electron chi connectivity index (χ3n) is 12.3. The minimum atomic E-state index is -4.40. The molecule has 2 heterocycles. The predicted molar refractivity (Wildman–Crippen MR) is 207 cm³/mol. The van der Waals surface area contributed by atoms with E-state index in [2.05, 4.69) is 15.6 Å². The quantitative estimate of drug-likeness (QED) is 0.150. The van der Waals surface area contributed by atoms with Crippen LogP contribution in [0.25, 0.3) is 0 Å². The molecule has 12 nitrogen and oxygen atoms in total. The number of carbonyl (C=O) groups excluding carboxylic acids is 4. The summed E-state index contributed by atoms with van der Waals surface area (Å²) in [6, 6.07) is 6.90. The highest BCUT2D eigenvalue weighted by molar-refractivity contribution is 7.09. The average molecular weight is 820 g/mol. The Bertz CT molecular complexity index is 1750. The Kier molecular flexibility index (Phi) is 13.8. The largest absolute Gasteiger partial charge is 0.481 e. The molecule has 3 N–H and O–H groups in total. The third-order valence-corrected chi connectivity index (χ3v) is 13.3. The zero-order chi connectivity index (χ0) is 41.9. The second-order valence-electron chi connectivity index (χ2n) is 16.9. The van der Waals surface area contributed by atoms with Crippen molar-refractivity contribution in [3.63, 3.8) is 0 Å². The van der Waals surface area contributed by atoms with E-state index in [1.165, 1.54) is 17.2 Å². The van der Waals surface area contributed by atoms with Gasteiger partial charge in [0.15, 0.2) is 6.10 Å². The lowest BCUT2D eigenvalue weighted by Crippen LogP contribution is -2.77. The highest BCUT2D eigenvalue weighted by Gasteiger charge is 2.81. The van der Waals surface area contributed by atoms with Crippen LogP contribution >= 0.6 is 11.3 Å². The fraction of sp³-hybridized carbons (Fsp3) is 0.659. The second-order valence-corrected chi connectivity index (χ2v) is 17.8. The van der Waals surface area contributed by atoms with Gasteiger partial charge in [-0.1, -0.05) is 57.5 Å². The molecular formula is C41H56F3N5O7S. The van der Waals surface area contributed by atoms with E-state index in [1.807, 2.05) is 56.1 Å². The number of rotatable bonds is 18. The summed E-state index contributed by atoms with van der Waals surface area (Å²) in [6.45, 7) is 7.27. The van der Waals surface area contributed by atoms with Gasteiger partial charge in [0.05, 0.1) is 17.4 Å². The van der Waals surface area contributed by atoms with Crippen LogP contribution in [0, 0.1) is 22.7 Å². The molecule has 3 saturated carbocycles. The van der Waals surface area contributed by atoms with Crippen molar-refractivity contribution in [2.75, 3.05) is 20.6 Å². The van der Waals surface area contributed by atoms with E-state index < -0.39 is 76.9 Å². The van der Waals surface area contributed by atoms with Crippen molar-refractivity contribution in [3.05, 3.63) is 52.0 Å². The molecule has 4 aliphatic rings. The number of aryl methyl sites for hydroxylation is 1. The van der Waals surface area contributed by atoms with Crippen molar-refractivity contribution in [3.8, 4) is 0 Å². The van der Waals surface area contributed by atoms with Gasteiger partial charge in [0, 0.05) is 43.3 Å². The van der Waals surface area contributed by atoms with Crippen LogP contribution in [-0.2, 0) is 30.3 Å². The number of aliphatic carboxylic acids is 1. The summed E-state index contributed by atoms with van der Waals surface area (Å²) < 4.78 is 47.7. The van der Waals surface area contributed by atoms with Crippen molar-refractivity contribution in [2.45, 2.75) is 128 Å². The number of likely N-dealkylation sites (tertiary alicyclic amines) is 1. The Hall–Kier alpha value is -4.05. The number of thiazole rings is 1. The van der Waals surface area contributed by atoms with E-state index in [0.29, 0.717) is 30.8 Å². The first-order valence-corrected chi connectivity index (χ1v) is 20.7. The number of aromatic nitrogens is 1. The van der Waals surface area contributed by atoms with Crippen molar-refractivity contribution in [1.82, 2.24) is 25.4 Å². The molecule has 1 aromatic heterocycles. The Morgan fingerprint density at radius 3 is 2.30 bits per heavy atom. The summed E-state index contributed by atoms with van der Waals surface area (Å²) in [5.41, 5.74) is -1.75. The molecule has 314 valence electrons. The Labute approximate surface area is 336 Å². The Morgan fingerprint density at radius 2 is 1.72 bits per heavy atom. The first-order chi connectivity index (χ1) is 26.8. The van der Waals surface area contributed by atoms with Gasteiger partial charge in [0.1, 0.15) is 16.7 Å². The van der Waals surface area contributed by atoms with Crippen LogP contribution in [0.1, 0.15) is 113 Å². The average Bonchev–Trinajstić information content (AvgIpc) is 3.60. The number of halogens is 3. The molecule has 6 rings (SSSR count). The van der Waals surface area contributed by atoms with Crippen LogP contribution in [0.5, 0.6) is 0 Å². The fourth-order valence-electron chi connectivity index (χ4n) is 9.02. The maximum atomic E-state index is 14.5. The van der Waals surface area contributed by atoms with Gasteiger partial charge >= 0.3 is 18.1 Å². The minimum absolute atomic E-state index is 0.0584. The third kappa shape index (κ3) is 9.98. The van der Waals surface area contributed by atoms with Gasteiger partial charge in [0.2, 0.25) is 11.8 Å². The lowest BCUT2D eigenvalue weighted by atomic mass is 9.32. The Morgan fingerprint density at radius 1 is 1.05 bits per heavy atom. The molecule has 3 amide bonds. The van der Waals surface area contributed by atoms with Gasteiger partial charge in [-0.3, -0.25) is 28.9 Å². The number of amides is 3. The molecule has 1 aliphatic heterocycles.